The number of carboxylic acid groups (broad SMARTS) is 1. The summed E-state index contributed by atoms with van der Waals surface area (Å²) in [4.78, 5) is 13.1. The number of rotatable bonds is 3. The molecule has 0 spiro atoms. The summed E-state index contributed by atoms with van der Waals surface area (Å²) in [6.07, 6.45) is 0.847. The fourth-order valence-electron chi connectivity index (χ4n) is 1.68. The fraction of sp³-hybridized carbons (Fsp3) is 0.778. The minimum Gasteiger partial charge on any atom is -0.480 e. The van der Waals surface area contributed by atoms with Crippen LogP contribution in [0.3, 0.4) is 0 Å². The molecule has 0 saturated carbocycles. The van der Waals surface area contributed by atoms with Gasteiger partial charge in [0.15, 0.2) is 0 Å². The number of hydrogen-bond acceptors (Lipinski definition) is 3. The van der Waals surface area contributed by atoms with Crippen molar-refractivity contribution in [3.63, 3.8) is 0 Å². The van der Waals surface area contributed by atoms with E-state index in [4.69, 9.17) is 23.1 Å². The standard InChI is InChI=1S/C9H16N2O2S/c1-6(7(12)13)11-4-3-9(2,5-11)8(10)14/h6H,3-5H2,1-2H3,(H2,10,14)(H,12,13). The van der Waals surface area contributed by atoms with Gasteiger partial charge in [-0.05, 0) is 19.9 Å². The molecule has 0 amide bonds. The van der Waals surface area contributed by atoms with Crippen LogP contribution in [0.4, 0.5) is 0 Å². The summed E-state index contributed by atoms with van der Waals surface area (Å²) in [5.41, 5.74) is 5.43. The number of likely N-dealkylation sites (tertiary alicyclic amines) is 1. The van der Waals surface area contributed by atoms with Gasteiger partial charge >= 0.3 is 5.97 Å². The molecule has 80 valence electrons. The van der Waals surface area contributed by atoms with E-state index < -0.39 is 12.0 Å². The molecule has 4 nitrogen and oxygen atoms in total. The fourth-order valence-corrected chi connectivity index (χ4v) is 1.85. The maximum Gasteiger partial charge on any atom is 0.320 e. The van der Waals surface area contributed by atoms with Gasteiger partial charge in [0.1, 0.15) is 6.04 Å². The Hall–Kier alpha value is -0.680. The van der Waals surface area contributed by atoms with Crippen LogP contribution in [0.1, 0.15) is 20.3 Å². The second-order valence-electron chi connectivity index (χ2n) is 4.16. The Morgan fingerprint density at radius 2 is 2.29 bits per heavy atom. The van der Waals surface area contributed by atoms with E-state index >= 15 is 0 Å². The lowest BCUT2D eigenvalue weighted by atomic mass is 9.90. The molecule has 0 radical (unpaired) electrons. The molecule has 1 saturated heterocycles. The SMILES string of the molecule is CC(C(=O)O)N1CCC(C)(C(N)=S)C1. The zero-order valence-electron chi connectivity index (χ0n) is 8.49. The second-order valence-corrected chi connectivity index (χ2v) is 4.60. The van der Waals surface area contributed by atoms with Crippen molar-refractivity contribution in [3.05, 3.63) is 0 Å². The zero-order chi connectivity index (χ0) is 10.9. The van der Waals surface area contributed by atoms with E-state index in [1.165, 1.54) is 0 Å². The Morgan fingerprint density at radius 1 is 1.71 bits per heavy atom. The topological polar surface area (TPSA) is 66.6 Å². The van der Waals surface area contributed by atoms with Gasteiger partial charge in [0, 0.05) is 12.0 Å². The van der Waals surface area contributed by atoms with Crippen molar-refractivity contribution < 1.29 is 9.90 Å². The lowest BCUT2D eigenvalue weighted by Gasteiger charge is -2.25. The van der Waals surface area contributed by atoms with Crippen LogP contribution in [0.15, 0.2) is 0 Å². The Bertz CT molecular complexity index is 270. The smallest absolute Gasteiger partial charge is 0.320 e. The molecule has 1 aliphatic rings. The third-order valence-electron chi connectivity index (χ3n) is 3.00. The number of carbonyl (C=O) groups is 1. The van der Waals surface area contributed by atoms with E-state index in [2.05, 4.69) is 0 Å². The van der Waals surface area contributed by atoms with Crippen LogP contribution < -0.4 is 5.73 Å². The normalized spacial score (nSPS) is 30.1. The summed E-state index contributed by atoms with van der Waals surface area (Å²) in [7, 11) is 0. The Kier molecular flexibility index (Phi) is 3.11. The molecule has 3 N–H and O–H groups in total. The molecular weight excluding hydrogens is 200 g/mol. The summed E-state index contributed by atoms with van der Waals surface area (Å²) in [6.45, 7) is 5.08. The molecule has 2 unspecified atom stereocenters. The Balaban J connectivity index is 2.65. The first kappa shape index (κ1) is 11.4. The molecule has 2 atom stereocenters. The largest absolute Gasteiger partial charge is 0.480 e. The Labute approximate surface area is 89.1 Å². The van der Waals surface area contributed by atoms with Crippen LogP contribution in [-0.4, -0.2) is 40.1 Å². The molecule has 0 bridgehead atoms. The maximum atomic E-state index is 10.8. The molecule has 1 heterocycles. The number of carboxylic acids is 1. The van der Waals surface area contributed by atoms with Crippen molar-refractivity contribution in [2.75, 3.05) is 13.1 Å². The lowest BCUT2D eigenvalue weighted by molar-refractivity contribution is -0.142. The minimum absolute atomic E-state index is 0.195. The molecule has 1 aliphatic heterocycles. The van der Waals surface area contributed by atoms with E-state index in [1.54, 1.807) is 6.92 Å². The lowest BCUT2D eigenvalue weighted by Crippen LogP contribution is -2.41. The Morgan fingerprint density at radius 3 is 2.64 bits per heavy atom. The van der Waals surface area contributed by atoms with Crippen molar-refractivity contribution >= 4 is 23.2 Å². The van der Waals surface area contributed by atoms with E-state index in [-0.39, 0.29) is 5.41 Å². The number of hydrogen-bond donors (Lipinski definition) is 2. The van der Waals surface area contributed by atoms with E-state index in [9.17, 15) is 4.79 Å². The second kappa shape index (κ2) is 3.82. The first-order valence-corrected chi connectivity index (χ1v) is 5.04. The van der Waals surface area contributed by atoms with Gasteiger partial charge in [-0.1, -0.05) is 19.1 Å². The van der Waals surface area contributed by atoms with E-state index in [0.29, 0.717) is 11.5 Å². The average molecular weight is 216 g/mol. The maximum absolute atomic E-state index is 10.8. The van der Waals surface area contributed by atoms with Crippen LogP contribution in [0.2, 0.25) is 0 Å². The predicted molar refractivity (Wildman–Crippen MR) is 58.2 cm³/mol. The highest BCUT2D eigenvalue weighted by Crippen LogP contribution is 2.31. The molecule has 1 fully saturated rings. The molecule has 5 heteroatoms. The predicted octanol–water partition coefficient (Wildman–Crippen LogP) is 0.458. The highest BCUT2D eigenvalue weighted by molar-refractivity contribution is 7.80. The quantitative estimate of drug-likeness (QED) is 0.671. The van der Waals surface area contributed by atoms with Crippen molar-refractivity contribution in [2.45, 2.75) is 26.3 Å². The van der Waals surface area contributed by atoms with Gasteiger partial charge in [0.05, 0.1) is 4.99 Å². The number of nitrogens with zero attached hydrogens (tertiary/aromatic N) is 1. The van der Waals surface area contributed by atoms with Gasteiger partial charge in [0.2, 0.25) is 0 Å². The van der Waals surface area contributed by atoms with Crippen LogP contribution in [0, 0.1) is 5.41 Å². The van der Waals surface area contributed by atoms with E-state index in [1.807, 2.05) is 11.8 Å². The van der Waals surface area contributed by atoms with E-state index in [0.717, 1.165) is 13.0 Å². The third-order valence-corrected chi connectivity index (χ3v) is 3.50. The molecule has 0 aromatic rings. The van der Waals surface area contributed by atoms with Crippen molar-refractivity contribution in [1.29, 1.82) is 0 Å². The van der Waals surface area contributed by atoms with Gasteiger partial charge in [-0.3, -0.25) is 9.69 Å². The summed E-state index contributed by atoms with van der Waals surface area (Å²) < 4.78 is 0. The molecule has 1 rings (SSSR count). The number of aliphatic carboxylic acids is 1. The van der Waals surface area contributed by atoms with Crippen molar-refractivity contribution in [2.24, 2.45) is 11.1 Å². The number of thiocarbonyl (C=S) groups is 1. The highest BCUT2D eigenvalue weighted by atomic mass is 32.1. The van der Waals surface area contributed by atoms with Crippen molar-refractivity contribution in [1.82, 2.24) is 4.90 Å². The first-order valence-electron chi connectivity index (χ1n) is 4.63. The van der Waals surface area contributed by atoms with Gasteiger partial charge in [-0.25, -0.2) is 0 Å². The summed E-state index contributed by atoms with van der Waals surface area (Å²) in [5.74, 6) is -0.794. The minimum atomic E-state index is -0.794. The van der Waals surface area contributed by atoms with Gasteiger partial charge in [0.25, 0.3) is 0 Å². The van der Waals surface area contributed by atoms with Crippen LogP contribution in [0.5, 0.6) is 0 Å². The molecule has 0 aromatic carbocycles. The monoisotopic (exact) mass is 216 g/mol. The highest BCUT2D eigenvalue weighted by Gasteiger charge is 2.39. The van der Waals surface area contributed by atoms with Crippen LogP contribution in [0.25, 0.3) is 0 Å². The van der Waals surface area contributed by atoms with Gasteiger partial charge < -0.3 is 10.8 Å². The number of nitrogens with two attached hydrogens (primary N) is 1. The van der Waals surface area contributed by atoms with Crippen LogP contribution >= 0.6 is 12.2 Å². The molecule has 0 aromatic heterocycles. The van der Waals surface area contributed by atoms with Crippen LogP contribution in [-0.2, 0) is 4.79 Å². The van der Waals surface area contributed by atoms with Crippen molar-refractivity contribution in [3.8, 4) is 0 Å². The summed E-state index contributed by atoms with van der Waals surface area (Å²) >= 11 is 4.98. The zero-order valence-corrected chi connectivity index (χ0v) is 9.30. The first-order chi connectivity index (χ1) is 6.37. The summed E-state index contributed by atoms with van der Waals surface area (Å²) in [5, 5.41) is 8.85. The molecular formula is C9H16N2O2S. The third kappa shape index (κ3) is 2.04. The average Bonchev–Trinajstić information content (AvgIpc) is 2.48. The molecule has 14 heavy (non-hydrogen) atoms. The molecule has 0 aliphatic carbocycles. The van der Waals surface area contributed by atoms with Gasteiger partial charge in [-0.15, -0.1) is 0 Å². The summed E-state index contributed by atoms with van der Waals surface area (Å²) in [6, 6.07) is -0.453. The van der Waals surface area contributed by atoms with Gasteiger partial charge in [-0.2, -0.15) is 0 Å².